The molecule has 8 nitrogen and oxygen atoms in total. The van der Waals surface area contributed by atoms with Crippen LogP contribution in [-0.2, 0) is 7.05 Å². The third kappa shape index (κ3) is 4.85. The van der Waals surface area contributed by atoms with Crippen molar-refractivity contribution >= 4 is 16.9 Å². The molecule has 0 atom stereocenters. The Hall–Kier alpha value is -2.62. The first kappa shape index (κ1) is 22.2. The molecule has 178 valence electrons. The molecule has 0 spiro atoms. The molecule has 0 N–H and O–H groups in total. The van der Waals surface area contributed by atoms with E-state index < -0.39 is 6.43 Å². The van der Waals surface area contributed by atoms with Crippen LogP contribution in [0.1, 0.15) is 56.8 Å². The lowest BCUT2D eigenvalue weighted by atomic mass is 9.97. The summed E-state index contributed by atoms with van der Waals surface area (Å²) in [7, 11) is 1.88. The summed E-state index contributed by atoms with van der Waals surface area (Å²) in [4.78, 5) is 9.08. The van der Waals surface area contributed by atoms with Crippen LogP contribution in [0.4, 0.5) is 14.6 Å². The number of fused-ring (bicyclic) bond motifs is 1. The average molecular weight is 460 g/mol. The molecule has 0 amide bonds. The van der Waals surface area contributed by atoms with Gasteiger partial charge in [0, 0.05) is 26.1 Å². The Kier molecular flexibility index (Phi) is 6.52. The molecule has 33 heavy (non-hydrogen) atoms. The van der Waals surface area contributed by atoms with E-state index in [4.69, 9.17) is 9.40 Å². The highest BCUT2D eigenvalue weighted by Gasteiger charge is 2.27. The summed E-state index contributed by atoms with van der Waals surface area (Å²) in [5, 5.41) is 14.0. The zero-order valence-corrected chi connectivity index (χ0v) is 19.1. The molecule has 0 aliphatic carbocycles. The Labute approximate surface area is 192 Å². The number of nitrogens with zero attached hydrogens (tertiary/aromatic N) is 7. The van der Waals surface area contributed by atoms with Gasteiger partial charge in [-0.25, -0.2) is 18.4 Å². The second-order valence-corrected chi connectivity index (χ2v) is 9.18. The zero-order valence-electron chi connectivity index (χ0n) is 19.1. The molecule has 2 aliphatic heterocycles. The van der Waals surface area contributed by atoms with E-state index in [-0.39, 0.29) is 12.5 Å². The second-order valence-electron chi connectivity index (χ2n) is 9.18. The number of likely N-dealkylation sites (tertiary alicyclic amines) is 1. The van der Waals surface area contributed by atoms with Gasteiger partial charge in [0.05, 0.1) is 11.9 Å². The summed E-state index contributed by atoms with van der Waals surface area (Å²) in [6.45, 7) is 3.12. The van der Waals surface area contributed by atoms with Gasteiger partial charge in [-0.2, -0.15) is 5.10 Å². The van der Waals surface area contributed by atoms with Gasteiger partial charge in [0.2, 0.25) is 5.89 Å². The van der Waals surface area contributed by atoms with E-state index in [2.05, 4.69) is 26.3 Å². The Morgan fingerprint density at radius 1 is 1.00 bits per heavy atom. The second kappa shape index (κ2) is 9.70. The molecule has 5 rings (SSSR count). The van der Waals surface area contributed by atoms with Crippen LogP contribution in [0.2, 0.25) is 0 Å². The number of piperidine rings is 1. The van der Waals surface area contributed by atoms with Gasteiger partial charge in [-0.3, -0.25) is 4.90 Å². The van der Waals surface area contributed by atoms with Crippen LogP contribution < -0.4 is 4.90 Å². The fraction of sp³-hybridized carbons (Fsp3) is 0.652. The monoisotopic (exact) mass is 459 g/mol. The highest BCUT2D eigenvalue weighted by Crippen LogP contribution is 2.32. The number of hydrogen-bond acceptors (Lipinski definition) is 7. The lowest BCUT2D eigenvalue weighted by Crippen LogP contribution is -2.36. The van der Waals surface area contributed by atoms with E-state index in [1.807, 2.05) is 13.1 Å². The largest absolute Gasteiger partial charge is 0.419 e. The average Bonchev–Trinajstić information content (AvgIpc) is 3.39. The van der Waals surface area contributed by atoms with Gasteiger partial charge >= 0.3 is 0 Å². The minimum absolute atomic E-state index is 0.0898. The standard InChI is InChI=1S/C23H31F2N7O/c1-30-21-17(7-8-19(26-21)32-11-5-3-2-4-6-12-32)20(29-30)23-28-27-22(33-23)16-9-13-31(14-10-16)15-18(24)25/h7-8,16,18H,2-6,9-15H2,1H3. The van der Waals surface area contributed by atoms with Crippen molar-refractivity contribution in [3.8, 4) is 11.6 Å². The van der Waals surface area contributed by atoms with Crippen LogP contribution in [0, 0.1) is 0 Å². The Morgan fingerprint density at radius 2 is 1.73 bits per heavy atom. The van der Waals surface area contributed by atoms with Crippen molar-refractivity contribution in [2.75, 3.05) is 37.6 Å². The predicted octanol–water partition coefficient (Wildman–Crippen LogP) is 4.23. The molecule has 0 aromatic carbocycles. The van der Waals surface area contributed by atoms with Crippen molar-refractivity contribution in [2.45, 2.75) is 57.3 Å². The van der Waals surface area contributed by atoms with Gasteiger partial charge in [-0.15, -0.1) is 10.2 Å². The summed E-state index contributed by atoms with van der Waals surface area (Å²) < 4.78 is 33.0. The SMILES string of the molecule is Cn1nc(-c2nnc(C3CCN(CC(F)F)CC3)o2)c2ccc(N3CCCCCCC3)nc21. The maximum Gasteiger partial charge on any atom is 0.268 e. The minimum atomic E-state index is -2.30. The van der Waals surface area contributed by atoms with E-state index in [9.17, 15) is 8.78 Å². The first-order valence-corrected chi connectivity index (χ1v) is 12.0. The number of aromatic nitrogens is 5. The Balaban J connectivity index is 1.34. The number of halogens is 2. The maximum absolute atomic E-state index is 12.6. The van der Waals surface area contributed by atoms with Gasteiger partial charge < -0.3 is 9.32 Å². The molecule has 0 saturated carbocycles. The van der Waals surface area contributed by atoms with Crippen molar-refractivity contribution in [1.82, 2.24) is 29.9 Å². The van der Waals surface area contributed by atoms with Crippen molar-refractivity contribution in [1.29, 1.82) is 0 Å². The minimum Gasteiger partial charge on any atom is -0.419 e. The molecular formula is C23H31F2N7O. The molecule has 0 radical (unpaired) electrons. The molecule has 0 bridgehead atoms. The van der Waals surface area contributed by atoms with E-state index in [1.54, 1.807) is 9.58 Å². The summed E-state index contributed by atoms with van der Waals surface area (Å²) in [6, 6.07) is 4.11. The Bertz CT molecular complexity index is 1070. The molecule has 0 unspecified atom stereocenters. The van der Waals surface area contributed by atoms with Crippen molar-refractivity contribution in [3.63, 3.8) is 0 Å². The number of anilines is 1. The van der Waals surface area contributed by atoms with Crippen LogP contribution >= 0.6 is 0 Å². The van der Waals surface area contributed by atoms with Crippen LogP contribution in [0.25, 0.3) is 22.6 Å². The third-order valence-corrected chi connectivity index (χ3v) is 6.83. The maximum atomic E-state index is 12.6. The van der Waals surface area contributed by atoms with E-state index >= 15 is 0 Å². The van der Waals surface area contributed by atoms with E-state index in [1.165, 1.54) is 32.1 Å². The molecule has 5 heterocycles. The molecule has 10 heteroatoms. The molecule has 2 aliphatic rings. The summed E-state index contributed by atoms with van der Waals surface area (Å²) >= 11 is 0. The normalized spacial score (nSPS) is 19.3. The highest BCUT2D eigenvalue weighted by molar-refractivity contribution is 5.89. The highest BCUT2D eigenvalue weighted by atomic mass is 19.3. The first-order chi connectivity index (χ1) is 16.1. The van der Waals surface area contributed by atoms with Crippen molar-refractivity contribution in [2.24, 2.45) is 7.05 Å². The van der Waals surface area contributed by atoms with Crippen LogP contribution in [0.5, 0.6) is 0 Å². The zero-order chi connectivity index (χ0) is 22.8. The Morgan fingerprint density at radius 3 is 2.45 bits per heavy atom. The fourth-order valence-corrected chi connectivity index (χ4v) is 4.98. The number of aryl methyl sites for hydroxylation is 1. The van der Waals surface area contributed by atoms with Crippen LogP contribution in [0.15, 0.2) is 16.5 Å². The molecule has 3 aromatic heterocycles. The van der Waals surface area contributed by atoms with Gasteiger partial charge in [0.15, 0.2) is 11.3 Å². The lowest BCUT2D eigenvalue weighted by Gasteiger charge is -2.29. The van der Waals surface area contributed by atoms with Crippen molar-refractivity contribution in [3.05, 3.63) is 18.0 Å². The number of hydrogen-bond donors (Lipinski definition) is 0. The lowest BCUT2D eigenvalue weighted by molar-refractivity contribution is 0.0737. The summed E-state index contributed by atoms with van der Waals surface area (Å²) in [5.74, 6) is 2.02. The number of pyridine rings is 1. The number of alkyl halides is 2. The van der Waals surface area contributed by atoms with Crippen LogP contribution in [0.3, 0.4) is 0 Å². The van der Waals surface area contributed by atoms with E-state index in [0.717, 1.165) is 42.8 Å². The summed E-state index contributed by atoms with van der Waals surface area (Å²) in [6.07, 6.45) is 5.44. The topological polar surface area (TPSA) is 76.1 Å². The molecule has 2 fully saturated rings. The van der Waals surface area contributed by atoms with Gasteiger partial charge in [-0.1, -0.05) is 19.3 Å². The van der Waals surface area contributed by atoms with Gasteiger partial charge in [-0.05, 0) is 50.9 Å². The summed E-state index contributed by atoms with van der Waals surface area (Å²) in [5.41, 5.74) is 1.43. The molecule has 2 saturated heterocycles. The van der Waals surface area contributed by atoms with Crippen LogP contribution in [-0.4, -0.2) is 69.0 Å². The first-order valence-electron chi connectivity index (χ1n) is 12.0. The fourth-order valence-electron chi connectivity index (χ4n) is 4.98. The number of rotatable bonds is 5. The molecular weight excluding hydrogens is 428 g/mol. The smallest absolute Gasteiger partial charge is 0.268 e. The predicted molar refractivity (Wildman–Crippen MR) is 122 cm³/mol. The van der Waals surface area contributed by atoms with E-state index in [0.29, 0.717) is 30.6 Å². The van der Waals surface area contributed by atoms with Crippen molar-refractivity contribution < 1.29 is 13.2 Å². The third-order valence-electron chi connectivity index (χ3n) is 6.83. The quantitative estimate of drug-likeness (QED) is 0.565. The van der Waals surface area contributed by atoms with Gasteiger partial charge in [0.1, 0.15) is 5.82 Å². The van der Waals surface area contributed by atoms with Gasteiger partial charge in [0.25, 0.3) is 12.3 Å². The molecule has 3 aromatic rings.